The molecule has 1 amide bonds. The molecule has 2 aromatic rings. The van der Waals surface area contributed by atoms with Crippen molar-refractivity contribution in [3.8, 4) is 17.2 Å². The van der Waals surface area contributed by atoms with Gasteiger partial charge >= 0.3 is 0 Å². The average Bonchev–Trinajstić information content (AvgIpc) is 2.90. The third-order valence-electron chi connectivity index (χ3n) is 6.16. The molecule has 37 heavy (non-hydrogen) atoms. The van der Waals surface area contributed by atoms with E-state index >= 15 is 0 Å². The van der Waals surface area contributed by atoms with E-state index in [0.717, 1.165) is 30.0 Å². The van der Waals surface area contributed by atoms with Gasteiger partial charge in [0.05, 0.1) is 43.5 Å². The molecule has 0 unspecified atom stereocenters. The number of aliphatic imine (C=N–C) groups is 1. The molecule has 196 valence electrons. The maximum absolute atomic E-state index is 13.1. The first-order valence-corrected chi connectivity index (χ1v) is 12.2. The molecule has 0 spiro atoms. The summed E-state index contributed by atoms with van der Waals surface area (Å²) in [5.74, 6) is -0.0476. The van der Waals surface area contributed by atoms with Crippen LogP contribution in [0.3, 0.4) is 0 Å². The van der Waals surface area contributed by atoms with Crippen molar-refractivity contribution in [2.75, 3.05) is 39.3 Å². The molecule has 1 aliphatic rings. The number of halogens is 1. The number of nitrogens with zero attached hydrogens (tertiary/aromatic N) is 2. The van der Waals surface area contributed by atoms with Gasteiger partial charge in [-0.3, -0.25) is 9.59 Å². The lowest BCUT2D eigenvalue weighted by Crippen LogP contribution is -2.31. The van der Waals surface area contributed by atoms with E-state index in [0.29, 0.717) is 28.5 Å². The number of hydrogen-bond donors (Lipinski definition) is 1. The molecule has 1 aliphatic carbocycles. The van der Waals surface area contributed by atoms with Crippen LogP contribution < -0.4 is 24.4 Å². The predicted octanol–water partition coefficient (Wildman–Crippen LogP) is 5.35. The fourth-order valence-electron chi connectivity index (χ4n) is 4.01. The Kier molecular flexibility index (Phi) is 8.99. The third-order valence-corrected chi connectivity index (χ3v) is 6.62. The lowest BCUT2D eigenvalue weighted by atomic mass is 10.0. The summed E-state index contributed by atoms with van der Waals surface area (Å²) in [6.45, 7) is 9.74. The standard InChI is InChI=1S/C28H32ClN3O5/c1-8-32(9-2)19-10-11-20(16(3)12-19)30-21-15-22(26(33)25(29)17(21)4)31-28(34)18-13-23(35-5)27(37-7)24(14-18)36-6/h10-15H,8-9H2,1-7H3,(H,31,34)/b30-21+. The highest BCUT2D eigenvalue weighted by atomic mass is 35.5. The van der Waals surface area contributed by atoms with Gasteiger partial charge in [0.1, 0.15) is 0 Å². The van der Waals surface area contributed by atoms with E-state index < -0.39 is 11.7 Å². The number of anilines is 1. The van der Waals surface area contributed by atoms with Gasteiger partial charge in [-0.05, 0) is 75.2 Å². The van der Waals surface area contributed by atoms with Gasteiger partial charge in [-0.2, -0.15) is 0 Å². The SMILES string of the molecule is CCN(CC)c1ccc(/N=C2\C=C(NC(=O)c3cc(OC)c(OC)c(OC)c3)C(=O)C(Cl)=C2C)c(C)c1. The summed E-state index contributed by atoms with van der Waals surface area (Å²) in [6.07, 6.45) is 1.54. The zero-order chi connectivity index (χ0) is 27.3. The number of hydrogen-bond acceptors (Lipinski definition) is 7. The second kappa shape index (κ2) is 12.0. The van der Waals surface area contributed by atoms with Crippen LogP contribution >= 0.6 is 11.6 Å². The monoisotopic (exact) mass is 525 g/mol. The molecule has 3 rings (SSSR count). The molecule has 2 aromatic carbocycles. The highest BCUT2D eigenvalue weighted by Gasteiger charge is 2.26. The number of amides is 1. The molecule has 0 heterocycles. The molecular weight excluding hydrogens is 494 g/mol. The molecule has 0 saturated carbocycles. The first kappa shape index (κ1) is 27.8. The minimum Gasteiger partial charge on any atom is -0.493 e. The van der Waals surface area contributed by atoms with Crippen molar-refractivity contribution in [3.05, 3.63) is 63.8 Å². The van der Waals surface area contributed by atoms with Crippen LogP contribution in [-0.4, -0.2) is 51.8 Å². The number of ether oxygens (including phenoxy) is 3. The molecule has 8 nitrogen and oxygen atoms in total. The van der Waals surface area contributed by atoms with E-state index in [4.69, 9.17) is 30.8 Å². The minimum atomic E-state index is -0.540. The highest BCUT2D eigenvalue weighted by molar-refractivity contribution is 6.49. The molecule has 0 saturated heterocycles. The van der Waals surface area contributed by atoms with Gasteiger partial charge in [0, 0.05) is 24.3 Å². The van der Waals surface area contributed by atoms with E-state index in [1.54, 1.807) is 6.92 Å². The summed E-state index contributed by atoms with van der Waals surface area (Å²) >= 11 is 6.38. The van der Waals surface area contributed by atoms with Crippen LogP contribution in [0.1, 0.15) is 36.7 Å². The molecule has 0 radical (unpaired) electrons. The smallest absolute Gasteiger partial charge is 0.256 e. The number of carbonyl (C=O) groups is 2. The Hall–Kier alpha value is -3.78. The summed E-state index contributed by atoms with van der Waals surface area (Å²) in [6, 6.07) is 9.05. The average molecular weight is 526 g/mol. The molecule has 0 atom stereocenters. The molecule has 9 heteroatoms. The Morgan fingerprint density at radius 1 is 1.00 bits per heavy atom. The van der Waals surface area contributed by atoms with Crippen LogP contribution in [0.25, 0.3) is 0 Å². The van der Waals surface area contributed by atoms with Crippen LogP contribution in [0.4, 0.5) is 11.4 Å². The van der Waals surface area contributed by atoms with Crippen molar-refractivity contribution in [2.45, 2.75) is 27.7 Å². The maximum Gasteiger partial charge on any atom is 0.256 e. The van der Waals surface area contributed by atoms with Gasteiger partial charge in [0.25, 0.3) is 5.91 Å². The molecule has 0 aliphatic heterocycles. The van der Waals surface area contributed by atoms with Crippen LogP contribution in [0.15, 0.2) is 57.7 Å². The Morgan fingerprint density at radius 2 is 1.62 bits per heavy atom. The number of nitrogens with one attached hydrogen (secondary N) is 1. The van der Waals surface area contributed by atoms with Gasteiger partial charge in [-0.25, -0.2) is 4.99 Å². The topological polar surface area (TPSA) is 89.5 Å². The van der Waals surface area contributed by atoms with E-state index in [1.807, 2.05) is 19.1 Å². The number of carbonyl (C=O) groups excluding carboxylic acids is 2. The van der Waals surface area contributed by atoms with Gasteiger partial charge in [0.2, 0.25) is 11.5 Å². The van der Waals surface area contributed by atoms with Crippen molar-refractivity contribution in [1.82, 2.24) is 5.32 Å². The van der Waals surface area contributed by atoms with Gasteiger partial charge < -0.3 is 24.4 Å². The first-order valence-electron chi connectivity index (χ1n) is 11.9. The van der Waals surface area contributed by atoms with Gasteiger partial charge in [0.15, 0.2) is 11.5 Å². The van der Waals surface area contributed by atoms with Crippen LogP contribution in [0.2, 0.25) is 0 Å². The lowest BCUT2D eigenvalue weighted by molar-refractivity contribution is -0.112. The Bertz CT molecular complexity index is 1280. The summed E-state index contributed by atoms with van der Waals surface area (Å²) in [5.41, 5.74) is 4.10. The van der Waals surface area contributed by atoms with Gasteiger partial charge in [-0.15, -0.1) is 0 Å². The largest absolute Gasteiger partial charge is 0.493 e. The number of benzene rings is 2. The number of methoxy groups -OCH3 is 3. The van der Waals surface area contributed by atoms with Crippen molar-refractivity contribution in [3.63, 3.8) is 0 Å². The third kappa shape index (κ3) is 5.80. The molecule has 0 bridgehead atoms. The quantitative estimate of drug-likeness (QED) is 0.444. The van der Waals surface area contributed by atoms with E-state index in [2.05, 4.69) is 30.1 Å². The van der Waals surface area contributed by atoms with E-state index in [1.165, 1.54) is 39.5 Å². The van der Waals surface area contributed by atoms with Crippen molar-refractivity contribution in [1.29, 1.82) is 0 Å². The number of ketones is 1. The number of rotatable bonds is 9. The fraction of sp³-hybridized carbons (Fsp3) is 0.321. The lowest BCUT2D eigenvalue weighted by Gasteiger charge is -2.22. The Morgan fingerprint density at radius 3 is 2.14 bits per heavy atom. The van der Waals surface area contributed by atoms with Crippen LogP contribution in [0, 0.1) is 6.92 Å². The molecular formula is C28H32ClN3O5. The summed E-state index contributed by atoms with van der Waals surface area (Å²) in [4.78, 5) is 33.0. The summed E-state index contributed by atoms with van der Waals surface area (Å²) < 4.78 is 16.0. The summed E-state index contributed by atoms with van der Waals surface area (Å²) in [5, 5.41) is 2.66. The van der Waals surface area contributed by atoms with Crippen molar-refractivity contribution in [2.24, 2.45) is 4.99 Å². The highest BCUT2D eigenvalue weighted by Crippen LogP contribution is 2.38. The van der Waals surface area contributed by atoms with Crippen LogP contribution in [-0.2, 0) is 4.79 Å². The Balaban J connectivity index is 1.97. The molecule has 0 aromatic heterocycles. The number of Topliss-reactive ketones (excluding diaryl/α,β-unsaturated/α-hetero) is 1. The summed E-state index contributed by atoms with van der Waals surface area (Å²) in [7, 11) is 4.39. The molecule has 1 N–H and O–H groups in total. The fourth-order valence-corrected chi connectivity index (χ4v) is 4.21. The second-order valence-corrected chi connectivity index (χ2v) is 8.71. The van der Waals surface area contributed by atoms with E-state index in [-0.39, 0.29) is 16.3 Å². The predicted molar refractivity (Wildman–Crippen MR) is 147 cm³/mol. The van der Waals surface area contributed by atoms with Crippen LogP contribution in [0.5, 0.6) is 17.2 Å². The zero-order valence-corrected chi connectivity index (χ0v) is 22.9. The Labute approximate surface area is 222 Å². The van der Waals surface area contributed by atoms with E-state index in [9.17, 15) is 9.59 Å². The minimum absolute atomic E-state index is 0.00106. The normalized spacial score (nSPS) is 14.4. The molecule has 0 fully saturated rings. The second-order valence-electron chi connectivity index (χ2n) is 8.33. The number of allylic oxidation sites excluding steroid dienone is 3. The van der Waals surface area contributed by atoms with Gasteiger partial charge in [-0.1, -0.05) is 11.6 Å². The van der Waals surface area contributed by atoms with Crippen molar-refractivity contribution >= 4 is 40.4 Å². The van der Waals surface area contributed by atoms with Crippen molar-refractivity contribution < 1.29 is 23.8 Å². The first-order chi connectivity index (χ1) is 17.7. The maximum atomic E-state index is 13.1. The number of aryl methyl sites for hydroxylation is 1. The zero-order valence-electron chi connectivity index (χ0n) is 22.2.